The quantitative estimate of drug-likeness (QED) is 0.0261. The van der Waals surface area contributed by atoms with E-state index >= 15 is 0 Å². The summed E-state index contributed by atoms with van der Waals surface area (Å²) in [6.07, 6.45) is 84.0. The first kappa shape index (κ1) is 71.3. The van der Waals surface area contributed by atoms with Gasteiger partial charge in [-0.05, 0) is 103 Å². The molecule has 0 spiro atoms. The van der Waals surface area contributed by atoms with Gasteiger partial charge in [0.1, 0.15) is 13.2 Å². The Balaban J connectivity index is 4.40. The summed E-state index contributed by atoms with van der Waals surface area (Å²) in [5.41, 5.74) is 0. The molecule has 1 unspecified atom stereocenters. The Morgan fingerprint density at radius 3 is 0.813 bits per heavy atom. The predicted octanol–water partition coefficient (Wildman–Crippen LogP) is 21.7. The molecule has 0 saturated carbocycles. The molecule has 0 amide bonds. The maximum Gasteiger partial charge on any atom is 0.306 e. The van der Waals surface area contributed by atoms with Gasteiger partial charge in [-0.3, -0.25) is 14.4 Å². The van der Waals surface area contributed by atoms with Crippen molar-refractivity contribution in [2.75, 3.05) is 13.2 Å². The largest absolute Gasteiger partial charge is 0.462 e. The van der Waals surface area contributed by atoms with Crippen molar-refractivity contribution >= 4 is 17.9 Å². The summed E-state index contributed by atoms with van der Waals surface area (Å²) in [4.78, 5) is 38.3. The molecule has 0 rings (SSSR count). The van der Waals surface area contributed by atoms with E-state index in [1.807, 2.05) is 0 Å². The van der Waals surface area contributed by atoms with Crippen LogP contribution in [0.15, 0.2) is 97.2 Å². The van der Waals surface area contributed by atoms with Crippen LogP contribution in [0.25, 0.3) is 0 Å². The maximum atomic E-state index is 12.9. The van der Waals surface area contributed by atoms with Crippen molar-refractivity contribution in [1.82, 2.24) is 0 Å². The van der Waals surface area contributed by atoms with Gasteiger partial charge >= 0.3 is 17.9 Å². The number of carbonyl (C=O) groups is 3. The molecule has 0 aromatic carbocycles. The normalized spacial score (nSPS) is 12.7. The number of esters is 3. The van der Waals surface area contributed by atoms with Gasteiger partial charge < -0.3 is 14.2 Å². The lowest BCUT2D eigenvalue weighted by Crippen LogP contribution is -2.30. The first-order chi connectivity index (χ1) is 37.0. The summed E-state index contributed by atoms with van der Waals surface area (Å²) in [5.74, 6) is -0.906. The van der Waals surface area contributed by atoms with Gasteiger partial charge in [-0.15, -0.1) is 0 Å². The van der Waals surface area contributed by atoms with Gasteiger partial charge in [0.05, 0.1) is 0 Å². The molecule has 6 nitrogen and oxygen atoms in total. The number of ether oxygens (including phenoxy) is 3. The lowest BCUT2D eigenvalue weighted by atomic mass is 10.0. The molecule has 0 aliphatic heterocycles. The lowest BCUT2D eigenvalue weighted by molar-refractivity contribution is -0.167. The Morgan fingerprint density at radius 2 is 0.520 bits per heavy atom. The zero-order chi connectivity index (χ0) is 54.3. The standard InChI is InChI=1S/C69H118O6/c1-4-7-10-13-16-19-22-25-27-29-31-33-34-36-37-39-41-44-47-50-53-56-59-62-68(71)74-65-66(64-73-67(70)61-58-55-52-49-46-43-24-21-18-15-12-9-6-3)75-69(72)63-60-57-54-51-48-45-42-40-38-35-32-30-28-26-23-20-17-14-11-8-5-2/h7,10,16,19,23,25-27,30-33,36-37,41,44,66H,4-6,8-9,11-15,17-18,20-22,24,28-29,34-35,38-40,42-43,45-65H2,1-3H3/b10-7-,19-16-,26-23-,27-25-,32-30-,33-31-,37-36-,44-41-. The van der Waals surface area contributed by atoms with Crippen LogP contribution >= 0.6 is 0 Å². The number of hydrogen-bond donors (Lipinski definition) is 0. The van der Waals surface area contributed by atoms with Gasteiger partial charge in [-0.2, -0.15) is 0 Å². The molecule has 0 radical (unpaired) electrons. The van der Waals surface area contributed by atoms with Crippen molar-refractivity contribution in [3.05, 3.63) is 97.2 Å². The second-order valence-electron chi connectivity index (χ2n) is 20.9. The third-order valence-electron chi connectivity index (χ3n) is 13.6. The van der Waals surface area contributed by atoms with Crippen molar-refractivity contribution in [1.29, 1.82) is 0 Å². The summed E-state index contributed by atoms with van der Waals surface area (Å²) in [7, 11) is 0. The van der Waals surface area contributed by atoms with Gasteiger partial charge in [-0.25, -0.2) is 0 Å². The van der Waals surface area contributed by atoms with Gasteiger partial charge in [-0.1, -0.05) is 279 Å². The third kappa shape index (κ3) is 61.1. The molecular formula is C69H118O6. The monoisotopic (exact) mass is 1040 g/mol. The average Bonchev–Trinajstić information content (AvgIpc) is 3.41. The molecule has 0 N–H and O–H groups in total. The highest BCUT2D eigenvalue weighted by Gasteiger charge is 2.19. The number of hydrogen-bond acceptors (Lipinski definition) is 6. The molecular weight excluding hydrogens is 925 g/mol. The molecule has 0 saturated heterocycles. The first-order valence-electron chi connectivity index (χ1n) is 31.7. The van der Waals surface area contributed by atoms with E-state index in [0.29, 0.717) is 19.3 Å². The van der Waals surface area contributed by atoms with Crippen LogP contribution in [0, 0.1) is 0 Å². The minimum atomic E-state index is -0.791. The van der Waals surface area contributed by atoms with E-state index in [1.54, 1.807) is 0 Å². The summed E-state index contributed by atoms with van der Waals surface area (Å²) in [6.45, 7) is 6.52. The lowest BCUT2D eigenvalue weighted by Gasteiger charge is -2.18. The van der Waals surface area contributed by atoms with Crippen LogP contribution < -0.4 is 0 Å². The third-order valence-corrected chi connectivity index (χ3v) is 13.6. The number of rotatable bonds is 57. The summed E-state index contributed by atoms with van der Waals surface area (Å²) in [6, 6.07) is 0. The minimum absolute atomic E-state index is 0.0855. The van der Waals surface area contributed by atoms with E-state index in [1.165, 1.54) is 148 Å². The summed E-state index contributed by atoms with van der Waals surface area (Å²) in [5, 5.41) is 0. The minimum Gasteiger partial charge on any atom is -0.462 e. The zero-order valence-electron chi connectivity index (χ0n) is 49.3. The molecule has 75 heavy (non-hydrogen) atoms. The van der Waals surface area contributed by atoms with Gasteiger partial charge in [0.2, 0.25) is 0 Å². The van der Waals surface area contributed by atoms with E-state index in [9.17, 15) is 14.4 Å². The molecule has 0 aromatic heterocycles. The van der Waals surface area contributed by atoms with Crippen LogP contribution in [0.5, 0.6) is 0 Å². The Hall–Kier alpha value is -3.67. The van der Waals surface area contributed by atoms with Gasteiger partial charge in [0, 0.05) is 19.3 Å². The van der Waals surface area contributed by atoms with Crippen molar-refractivity contribution < 1.29 is 28.6 Å². The molecule has 0 heterocycles. The molecule has 1 atom stereocenters. The SMILES string of the molecule is CC/C=C\C/C=C\C/C=C\C/C=C\C/C=C\C/C=C\CCCCCCC(=O)OCC(COC(=O)CCCCCCCCCCCCCCC)OC(=O)CCCCCCCCCCC/C=C\C/C=C\CCCCCCC. The topological polar surface area (TPSA) is 78.9 Å². The number of unbranched alkanes of at least 4 members (excludes halogenated alkanes) is 30. The summed E-state index contributed by atoms with van der Waals surface area (Å²) < 4.78 is 16.9. The van der Waals surface area contributed by atoms with Crippen molar-refractivity contribution in [2.45, 2.75) is 309 Å². The molecule has 0 bridgehead atoms. The van der Waals surface area contributed by atoms with Crippen LogP contribution in [0.3, 0.4) is 0 Å². The molecule has 0 aliphatic rings. The second kappa shape index (κ2) is 62.9. The number of allylic oxidation sites excluding steroid dienone is 16. The van der Waals surface area contributed by atoms with Gasteiger partial charge in [0.25, 0.3) is 0 Å². The highest BCUT2D eigenvalue weighted by molar-refractivity contribution is 5.71. The van der Waals surface area contributed by atoms with E-state index < -0.39 is 6.10 Å². The Labute approximate surface area is 464 Å². The van der Waals surface area contributed by atoms with E-state index in [-0.39, 0.29) is 31.1 Å². The van der Waals surface area contributed by atoms with Gasteiger partial charge in [0.15, 0.2) is 6.10 Å². The van der Waals surface area contributed by atoms with Crippen molar-refractivity contribution in [2.24, 2.45) is 0 Å². The first-order valence-corrected chi connectivity index (χ1v) is 31.7. The van der Waals surface area contributed by atoms with Crippen LogP contribution in [-0.4, -0.2) is 37.2 Å². The van der Waals surface area contributed by atoms with Crippen LogP contribution in [0.4, 0.5) is 0 Å². The fourth-order valence-corrected chi connectivity index (χ4v) is 8.83. The highest BCUT2D eigenvalue weighted by Crippen LogP contribution is 2.16. The smallest absolute Gasteiger partial charge is 0.306 e. The molecule has 0 fully saturated rings. The van der Waals surface area contributed by atoms with Crippen LogP contribution in [-0.2, 0) is 28.6 Å². The fraction of sp³-hybridized carbons (Fsp3) is 0.725. The maximum absolute atomic E-state index is 12.9. The molecule has 0 aliphatic carbocycles. The van der Waals surface area contributed by atoms with Crippen molar-refractivity contribution in [3.63, 3.8) is 0 Å². The Morgan fingerprint density at radius 1 is 0.280 bits per heavy atom. The molecule has 0 aromatic rings. The molecule has 6 heteroatoms. The van der Waals surface area contributed by atoms with Crippen LogP contribution in [0.1, 0.15) is 303 Å². The average molecular weight is 1040 g/mol. The molecule has 430 valence electrons. The van der Waals surface area contributed by atoms with E-state index in [0.717, 1.165) is 116 Å². The van der Waals surface area contributed by atoms with E-state index in [4.69, 9.17) is 14.2 Å². The summed E-state index contributed by atoms with van der Waals surface area (Å²) >= 11 is 0. The highest BCUT2D eigenvalue weighted by atomic mass is 16.6. The number of carbonyl (C=O) groups excluding carboxylic acids is 3. The Bertz CT molecular complexity index is 1480. The Kier molecular flexibility index (Phi) is 59.8. The fourth-order valence-electron chi connectivity index (χ4n) is 8.83. The van der Waals surface area contributed by atoms with E-state index in [2.05, 4.69) is 118 Å². The predicted molar refractivity (Wildman–Crippen MR) is 325 cm³/mol. The zero-order valence-corrected chi connectivity index (χ0v) is 49.3. The van der Waals surface area contributed by atoms with Crippen molar-refractivity contribution in [3.8, 4) is 0 Å². The van der Waals surface area contributed by atoms with Crippen LogP contribution in [0.2, 0.25) is 0 Å². The second-order valence-corrected chi connectivity index (χ2v) is 20.9.